The molecule has 100 valence electrons. The molecule has 0 spiro atoms. The molecule has 0 radical (unpaired) electrons. The van der Waals surface area contributed by atoms with Crippen molar-refractivity contribution in [3.05, 3.63) is 59.2 Å². The highest BCUT2D eigenvalue weighted by Gasteiger charge is 2.05. The van der Waals surface area contributed by atoms with E-state index in [0.29, 0.717) is 23.5 Å². The molecular formula is C15H15F2NO. The summed E-state index contributed by atoms with van der Waals surface area (Å²) in [5.74, 6) is -0.165. The van der Waals surface area contributed by atoms with E-state index in [2.05, 4.69) is 5.32 Å². The van der Waals surface area contributed by atoms with E-state index in [0.717, 1.165) is 5.56 Å². The van der Waals surface area contributed by atoms with Gasteiger partial charge in [0.1, 0.15) is 17.4 Å². The van der Waals surface area contributed by atoms with Crippen LogP contribution in [-0.2, 0) is 6.54 Å². The molecule has 0 aliphatic rings. The second-order valence-electron chi connectivity index (χ2n) is 4.28. The first-order valence-corrected chi connectivity index (χ1v) is 5.92. The molecule has 0 amide bonds. The molecule has 1 N–H and O–H groups in total. The zero-order chi connectivity index (χ0) is 13.8. The van der Waals surface area contributed by atoms with Crippen molar-refractivity contribution in [1.82, 2.24) is 0 Å². The van der Waals surface area contributed by atoms with Crippen molar-refractivity contribution in [2.45, 2.75) is 13.5 Å². The number of ether oxygens (including phenoxy) is 1. The van der Waals surface area contributed by atoms with Crippen molar-refractivity contribution in [2.75, 3.05) is 12.4 Å². The molecule has 0 saturated heterocycles. The number of hydrogen-bond acceptors (Lipinski definition) is 2. The third-order valence-electron chi connectivity index (χ3n) is 2.88. The molecule has 2 nitrogen and oxygen atoms in total. The predicted molar refractivity (Wildman–Crippen MR) is 71.4 cm³/mol. The maximum atomic E-state index is 13.4. The average molecular weight is 263 g/mol. The molecule has 2 aromatic carbocycles. The van der Waals surface area contributed by atoms with Crippen LogP contribution in [-0.4, -0.2) is 7.11 Å². The van der Waals surface area contributed by atoms with Gasteiger partial charge >= 0.3 is 0 Å². The summed E-state index contributed by atoms with van der Waals surface area (Å²) in [6.45, 7) is 2.16. The number of halogens is 2. The topological polar surface area (TPSA) is 21.3 Å². The van der Waals surface area contributed by atoms with E-state index in [9.17, 15) is 8.78 Å². The summed E-state index contributed by atoms with van der Waals surface area (Å²) in [5.41, 5.74) is 2.10. The molecule has 2 aromatic rings. The van der Waals surface area contributed by atoms with Gasteiger partial charge < -0.3 is 10.1 Å². The summed E-state index contributed by atoms with van der Waals surface area (Å²) < 4.78 is 31.5. The van der Waals surface area contributed by atoms with E-state index in [4.69, 9.17) is 4.74 Å². The van der Waals surface area contributed by atoms with Gasteiger partial charge in [0, 0.05) is 12.6 Å². The van der Waals surface area contributed by atoms with Gasteiger partial charge in [0.2, 0.25) is 0 Å². The number of methoxy groups -OCH3 is 1. The highest BCUT2D eigenvalue weighted by molar-refractivity contribution is 5.56. The lowest BCUT2D eigenvalue weighted by molar-refractivity contribution is 0.413. The Balaban J connectivity index is 2.12. The Morgan fingerprint density at radius 3 is 2.58 bits per heavy atom. The van der Waals surface area contributed by atoms with Gasteiger partial charge in [-0.25, -0.2) is 8.78 Å². The second-order valence-corrected chi connectivity index (χ2v) is 4.28. The Kier molecular flexibility index (Phi) is 4.00. The molecule has 19 heavy (non-hydrogen) atoms. The lowest BCUT2D eigenvalue weighted by Gasteiger charge is -2.11. The quantitative estimate of drug-likeness (QED) is 0.903. The van der Waals surface area contributed by atoms with Gasteiger partial charge in [-0.2, -0.15) is 0 Å². The highest BCUT2D eigenvalue weighted by Crippen LogP contribution is 2.25. The molecule has 0 aliphatic carbocycles. The SMILES string of the molecule is COc1cc(F)ccc1NCc1ccc(C)c(F)c1. The van der Waals surface area contributed by atoms with Gasteiger partial charge in [0.05, 0.1) is 12.8 Å². The van der Waals surface area contributed by atoms with Crippen LogP contribution in [0.4, 0.5) is 14.5 Å². The molecular weight excluding hydrogens is 248 g/mol. The fourth-order valence-electron chi connectivity index (χ4n) is 1.75. The Hall–Kier alpha value is -2.10. The van der Waals surface area contributed by atoms with E-state index in [-0.39, 0.29) is 11.6 Å². The minimum absolute atomic E-state index is 0.231. The van der Waals surface area contributed by atoms with Gasteiger partial charge in [-0.15, -0.1) is 0 Å². The molecule has 4 heteroatoms. The Bertz CT molecular complexity index is 584. The third-order valence-corrected chi connectivity index (χ3v) is 2.88. The number of nitrogens with one attached hydrogen (secondary N) is 1. The summed E-state index contributed by atoms with van der Waals surface area (Å²) in [7, 11) is 1.48. The van der Waals surface area contributed by atoms with Crippen molar-refractivity contribution in [1.29, 1.82) is 0 Å². The van der Waals surface area contributed by atoms with Crippen molar-refractivity contribution < 1.29 is 13.5 Å². The zero-order valence-electron chi connectivity index (χ0n) is 10.8. The molecule has 2 rings (SSSR count). The number of benzene rings is 2. The minimum Gasteiger partial charge on any atom is -0.494 e. The molecule has 0 atom stereocenters. The van der Waals surface area contributed by atoms with Crippen molar-refractivity contribution in [2.24, 2.45) is 0 Å². The third kappa shape index (κ3) is 3.22. The summed E-state index contributed by atoms with van der Waals surface area (Å²) in [6.07, 6.45) is 0. The van der Waals surface area contributed by atoms with Gasteiger partial charge in [-0.3, -0.25) is 0 Å². The van der Waals surface area contributed by atoms with Crippen LogP contribution >= 0.6 is 0 Å². The zero-order valence-corrected chi connectivity index (χ0v) is 10.8. The molecule has 0 unspecified atom stereocenters. The first kappa shape index (κ1) is 13.3. The first-order valence-electron chi connectivity index (χ1n) is 5.92. The van der Waals surface area contributed by atoms with Crippen LogP contribution in [0, 0.1) is 18.6 Å². The Morgan fingerprint density at radius 2 is 1.89 bits per heavy atom. The van der Waals surface area contributed by atoms with E-state index >= 15 is 0 Å². The van der Waals surface area contributed by atoms with Crippen LogP contribution in [0.1, 0.15) is 11.1 Å². The van der Waals surface area contributed by atoms with Crippen molar-refractivity contribution >= 4 is 5.69 Å². The van der Waals surface area contributed by atoms with Crippen LogP contribution in [0.3, 0.4) is 0 Å². The van der Waals surface area contributed by atoms with Crippen LogP contribution in [0.25, 0.3) is 0 Å². The lowest BCUT2D eigenvalue weighted by atomic mass is 10.1. The van der Waals surface area contributed by atoms with Gasteiger partial charge in [-0.05, 0) is 36.2 Å². The van der Waals surface area contributed by atoms with Gasteiger partial charge in [0.25, 0.3) is 0 Å². The largest absolute Gasteiger partial charge is 0.494 e. The summed E-state index contributed by atoms with van der Waals surface area (Å²) >= 11 is 0. The number of anilines is 1. The molecule has 0 aromatic heterocycles. The van der Waals surface area contributed by atoms with Crippen LogP contribution in [0.5, 0.6) is 5.75 Å². The Morgan fingerprint density at radius 1 is 1.11 bits per heavy atom. The molecule has 0 saturated carbocycles. The minimum atomic E-state index is -0.358. The van der Waals surface area contributed by atoms with E-state index in [1.165, 1.54) is 25.3 Å². The fourth-order valence-corrected chi connectivity index (χ4v) is 1.75. The van der Waals surface area contributed by atoms with E-state index in [1.807, 2.05) is 6.07 Å². The summed E-state index contributed by atoms with van der Waals surface area (Å²) in [4.78, 5) is 0. The van der Waals surface area contributed by atoms with E-state index in [1.54, 1.807) is 19.1 Å². The van der Waals surface area contributed by atoms with Crippen LogP contribution in [0.15, 0.2) is 36.4 Å². The number of aryl methyl sites for hydroxylation is 1. The van der Waals surface area contributed by atoms with Crippen LogP contribution in [0.2, 0.25) is 0 Å². The smallest absolute Gasteiger partial charge is 0.144 e. The number of rotatable bonds is 4. The van der Waals surface area contributed by atoms with E-state index < -0.39 is 0 Å². The fraction of sp³-hybridized carbons (Fsp3) is 0.200. The van der Waals surface area contributed by atoms with Gasteiger partial charge in [0.15, 0.2) is 0 Å². The van der Waals surface area contributed by atoms with Gasteiger partial charge in [-0.1, -0.05) is 12.1 Å². The predicted octanol–water partition coefficient (Wildman–Crippen LogP) is 3.89. The molecule has 0 fully saturated rings. The maximum Gasteiger partial charge on any atom is 0.144 e. The monoisotopic (exact) mass is 263 g/mol. The van der Waals surface area contributed by atoms with Crippen LogP contribution < -0.4 is 10.1 Å². The summed E-state index contributed by atoms with van der Waals surface area (Å²) in [6, 6.07) is 9.31. The maximum absolute atomic E-state index is 13.4. The first-order chi connectivity index (χ1) is 9.10. The average Bonchev–Trinajstić information content (AvgIpc) is 2.41. The summed E-state index contributed by atoms with van der Waals surface area (Å²) in [5, 5.41) is 3.10. The molecule has 0 bridgehead atoms. The number of hydrogen-bond donors (Lipinski definition) is 1. The second kappa shape index (κ2) is 5.69. The highest BCUT2D eigenvalue weighted by atomic mass is 19.1. The molecule has 0 heterocycles. The Labute approximate surface area is 111 Å². The normalized spacial score (nSPS) is 10.3. The van der Waals surface area contributed by atoms with Crippen molar-refractivity contribution in [3.8, 4) is 5.75 Å². The lowest BCUT2D eigenvalue weighted by Crippen LogP contribution is -2.02. The molecule has 0 aliphatic heterocycles. The standard InChI is InChI=1S/C15H15F2NO/c1-10-3-4-11(7-13(10)17)9-18-14-6-5-12(16)8-15(14)19-2/h3-8,18H,9H2,1-2H3. The van der Waals surface area contributed by atoms with Crippen molar-refractivity contribution in [3.63, 3.8) is 0 Å².